The SMILES string of the molecule is CN(C(=O)c1ccccc1)c1ccc2c(c1)nc(NC(=O)c1ccc(-c3ccn[nH]3)s1)n2CCc1cccnc1. The largest absolute Gasteiger partial charge is 0.311 e. The fourth-order valence-electron chi connectivity index (χ4n) is 4.49. The van der Waals surface area contributed by atoms with Crippen molar-refractivity contribution < 1.29 is 9.59 Å². The Bertz CT molecular complexity index is 1780. The van der Waals surface area contributed by atoms with E-state index in [-0.39, 0.29) is 11.8 Å². The molecule has 2 aromatic carbocycles. The van der Waals surface area contributed by atoms with Gasteiger partial charge in [0.05, 0.1) is 26.5 Å². The molecule has 0 radical (unpaired) electrons. The van der Waals surface area contributed by atoms with Crippen LogP contribution in [0.1, 0.15) is 25.6 Å². The second-order valence-corrected chi connectivity index (χ2v) is 10.3. The lowest BCUT2D eigenvalue weighted by Crippen LogP contribution is -2.26. The van der Waals surface area contributed by atoms with Crippen LogP contribution in [0.5, 0.6) is 0 Å². The molecule has 0 aliphatic heterocycles. The average molecular weight is 548 g/mol. The molecule has 9 nitrogen and oxygen atoms in total. The van der Waals surface area contributed by atoms with Gasteiger partial charge in [0.25, 0.3) is 11.8 Å². The zero-order valence-corrected chi connectivity index (χ0v) is 22.4. The van der Waals surface area contributed by atoms with Crippen LogP contribution in [0.4, 0.5) is 11.6 Å². The third kappa shape index (κ3) is 5.12. The molecule has 198 valence electrons. The highest BCUT2D eigenvalue weighted by molar-refractivity contribution is 7.17. The summed E-state index contributed by atoms with van der Waals surface area (Å²) in [5.74, 6) is 0.0788. The Hall–Kier alpha value is -5.09. The molecule has 0 aliphatic rings. The summed E-state index contributed by atoms with van der Waals surface area (Å²) in [7, 11) is 1.74. The van der Waals surface area contributed by atoms with Crippen molar-refractivity contribution in [2.45, 2.75) is 13.0 Å². The zero-order chi connectivity index (χ0) is 27.5. The Morgan fingerprint density at radius 3 is 2.65 bits per heavy atom. The number of imidazole rings is 1. The van der Waals surface area contributed by atoms with Gasteiger partial charge >= 0.3 is 0 Å². The number of thiophene rings is 1. The molecule has 0 saturated carbocycles. The number of aryl methyl sites for hydroxylation is 2. The number of amides is 2. The number of aromatic amines is 1. The molecule has 0 aliphatic carbocycles. The van der Waals surface area contributed by atoms with Gasteiger partial charge in [-0.15, -0.1) is 11.3 Å². The lowest BCUT2D eigenvalue weighted by atomic mass is 10.2. The molecule has 2 amide bonds. The van der Waals surface area contributed by atoms with Gasteiger partial charge in [-0.3, -0.25) is 25.0 Å². The smallest absolute Gasteiger partial charge is 0.268 e. The molecule has 4 aromatic heterocycles. The van der Waals surface area contributed by atoms with Crippen molar-refractivity contribution in [1.29, 1.82) is 0 Å². The van der Waals surface area contributed by atoms with Crippen LogP contribution < -0.4 is 10.2 Å². The van der Waals surface area contributed by atoms with Gasteiger partial charge in [-0.1, -0.05) is 24.3 Å². The van der Waals surface area contributed by atoms with Crippen LogP contribution in [0.25, 0.3) is 21.6 Å². The van der Waals surface area contributed by atoms with Crippen molar-refractivity contribution in [1.82, 2.24) is 24.7 Å². The summed E-state index contributed by atoms with van der Waals surface area (Å²) >= 11 is 1.38. The molecule has 6 rings (SSSR count). The van der Waals surface area contributed by atoms with Gasteiger partial charge in [0.15, 0.2) is 0 Å². The molecule has 0 saturated heterocycles. The Morgan fingerprint density at radius 2 is 1.88 bits per heavy atom. The van der Waals surface area contributed by atoms with E-state index in [1.807, 2.05) is 71.4 Å². The predicted octanol–water partition coefficient (Wildman–Crippen LogP) is 5.65. The number of nitrogens with zero attached hydrogens (tertiary/aromatic N) is 5. The minimum absolute atomic E-state index is 0.116. The van der Waals surface area contributed by atoms with Gasteiger partial charge in [0.1, 0.15) is 0 Å². The van der Waals surface area contributed by atoms with E-state index < -0.39 is 0 Å². The van der Waals surface area contributed by atoms with Crippen LogP contribution in [0, 0.1) is 0 Å². The first-order valence-corrected chi connectivity index (χ1v) is 13.5. The van der Waals surface area contributed by atoms with Gasteiger partial charge in [0, 0.05) is 43.4 Å². The maximum Gasteiger partial charge on any atom is 0.268 e. The highest BCUT2D eigenvalue weighted by atomic mass is 32.1. The van der Waals surface area contributed by atoms with E-state index in [9.17, 15) is 9.59 Å². The minimum Gasteiger partial charge on any atom is -0.311 e. The number of anilines is 2. The van der Waals surface area contributed by atoms with Crippen molar-refractivity contribution in [2.75, 3.05) is 17.3 Å². The van der Waals surface area contributed by atoms with E-state index in [1.54, 1.807) is 42.5 Å². The fourth-order valence-corrected chi connectivity index (χ4v) is 5.36. The zero-order valence-electron chi connectivity index (χ0n) is 21.6. The summed E-state index contributed by atoms with van der Waals surface area (Å²) in [6.45, 7) is 0.583. The minimum atomic E-state index is -0.245. The standard InChI is InChI=1S/C30H25N7O2S/c1-36(29(39)21-7-3-2-4-8-21)22-9-10-25-24(18-22)33-30(37(25)17-14-20-6-5-15-31-19-20)34-28(38)27-12-11-26(40-27)23-13-16-32-35-23/h2-13,15-16,18-19H,14,17H2,1H3,(H,32,35)(H,33,34,38). The second-order valence-electron chi connectivity index (χ2n) is 9.19. The van der Waals surface area contributed by atoms with Crippen LogP contribution in [0.15, 0.2) is 97.5 Å². The first-order valence-electron chi connectivity index (χ1n) is 12.7. The van der Waals surface area contributed by atoms with Crippen molar-refractivity contribution in [3.8, 4) is 10.6 Å². The van der Waals surface area contributed by atoms with Gasteiger partial charge in [-0.25, -0.2) is 4.98 Å². The van der Waals surface area contributed by atoms with Crippen molar-refractivity contribution in [3.63, 3.8) is 0 Å². The summed E-state index contributed by atoms with van der Waals surface area (Å²) in [5, 5.41) is 9.92. The number of pyridine rings is 1. The normalized spacial score (nSPS) is 11.0. The highest BCUT2D eigenvalue weighted by Gasteiger charge is 2.19. The number of hydrogen-bond acceptors (Lipinski definition) is 6. The number of hydrogen-bond donors (Lipinski definition) is 2. The van der Waals surface area contributed by atoms with E-state index in [0.717, 1.165) is 21.7 Å². The molecular weight excluding hydrogens is 522 g/mol. The Labute approximate surface area is 234 Å². The lowest BCUT2D eigenvalue weighted by molar-refractivity contribution is 0.0991. The first kappa shape index (κ1) is 25.2. The van der Waals surface area contributed by atoms with Crippen LogP contribution in [0.3, 0.4) is 0 Å². The van der Waals surface area contributed by atoms with Crippen LogP contribution >= 0.6 is 11.3 Å². The third-order valence-corrected chi connectivity index (χ3v) is 7.73. The van der Waals surface area contributed by atoms with E-state index in [0.29, 0.717) is 40.6 Å². The Morgan fingerprint density at radius 1 is 1.00 bits per heavy atom. The number of fused-ring (bicyclic) bond motifs is 1. The lowest BCUT2D eigenvalue weighted by Gasteiger charge is -2.17. The predicted molar refractivity (Wildman–Crippen MR) is 157 cm³/mol. The molecule has 0 spiro atoms. The number of H-pyrrole nitrogens is 1. The number of aromatic nitrogens is 5. The van der Waals surface area contributed by atoms with E-state index in [2.05, 4.69) is 20.5 Å². The number of nitrogens with one attached hydrogen (secondary N) is 2. The first-order chi connectivity index (χ1) is 19.6. The monoisotopic (exact) mass is 547 g/mol. The van der Waals surface area contributed by atoms with Gasteiger partial charge in [-0.05, 0) is 66.6 Å². The topological polar surface area (TPSA) is 109 Å². The number of carbonyl (C=O) groups is 2. The number of carbonyl (C=O) groups excluding carboxylic acids is 2. The molecule has 0 unspecified atom stereocenters. The molecule has 2 N–H and O–H groups in total. The van der Waals surface area contributed by atoms with Crippen molar-refractivity contribution in [2.24, 2.45) is 0 Å². The van der Waals surface area contributed by atoms with E-state index in [4.69, 9.17) is 4.98 Å². The average Bonchev–Trinajstić information content (AvgIpc) is 3.76. The van der Waals surface area contributed by atoms with Crippen molar-refractivity contribution in [3.05, 3.63) is 113 Å². The maximum atomic E-state index is 13.3. The number of rotatable bonds is 8. The van der Waals surface area contributed by atoms with Gasteiger partial charge in [-0.2, -0.15) is 5.10 Å². The summed E-state index contributed by atoms with van der Waals surface area (Å²) in [5.41, 5.74) is 4.77. The van der Waals surface area contributed by atoms with E-state index >= 15 is 0 Å². The summed E-state index contributed by atoms with van der Waals surface area (Å²) < 4.78 is 1.99. The fraction of sp³-hybridized carbons (Fsp3) is 0.100. The van der Waals surface area contributed by atoms with Crippen LogP contribution in [-0.4, -0.2) is 43.6 Å². The number of benzene rings is 2. The van der Waals surface area contributed by atoms with Gasteiger partial charge < -0.3 is 9.47 Å². The molecule has 40 heavy (non-hydrogen) atoms. The van der Waals surface area contributed by atoms with Crippen LogP contribution in [0.2, 0.25) is 0 Å². The molecule has 0 bridgehead atoms. The summed E-state index contributed by atoms with van der Waals surface area (Å²) in [6.07, 6.45) is 5.97. The van der Waals surface area contributed by atoms with Gasteiger partial charge in [0.2, 0.25) is 5.95 Å². The highest BCUT2D eigenvalue weighted by Crippen LogP contribution is 2.29. The Balaban J connectivity index is 1.31. The third-order valence-electron chi connectivity index (χ3n) is 6.61. The molecular formula is C30H25N7O2S. The second kappa shape index (κ2) is 11.0. The molecule has 4 heterocycles. The molecule has 0 atom stereocenters. The molecule has 0 fully saturated rings. The Kier molecular flexibility index (Phi) is 6.90. The van der Waals surface area contributed by atoms with Crippen LogP contribution in [-0.2, 0) is 13.0 Å². The van der Waals surface area contributed by atoms with Crippen molar-refractivity contribution >= 4 is 45.8 Å². The molecule has 10 heteroatoms. The molecule has 6 aromatic rings. The summed E-state index contributed by atoms with van der Waals surface area (Å²) in [4.78, 5) is 38.4. The maximum absolute atomic E-state index is 13.3. The summed E-state index contributed by atoms with van der Waals surface area (Å²) in [6, 6.07) is 24.3. The van der Waals surface area contributed by atoms with E-state index in [1.165, 1.54) is 11.3 Å². The quantitative estimate of drug-likeness (QED) is 0.256.